The number of carbonyl (C=O) groups excluding carboxylic acids is 3. The van der Waals surface area contributed by atoms with Crippen molar-refractivity contribution in [1.29, 1.82) is 0 Å². The van der Waals surface area contributed by atoms with Crippen LogP contribution >= 0.6 is 22.9 Å². The Morgan fingerprint density at radius 3 is 2.47 bits per heavy atom. The smallest absolute Gasteiger partial charge is 0.261 e. The van der Waals surface area contributed by atoms with Gasteiger partial charge in [0.25, 0.3) is 11.8 Å². The largest absolute Gasteiger partial charge is 0.346 e. The van der Waals surface area contributed by atoms with Gasteiger partial charge >= 0.3 is 0 Å². The Labute approximate surface area is 206 Å². The van der Waals surface area contributed by atoms with Gasteiger partial charge in [0, 0.05) is 24.2 Å². The van der Waals surface area contributed by atoms with Gasteiger partial charge in [-0.05, 0) is 66.8 Å². The second-order valence-corrected chi connectivity index (χ2v) is 10.3. The van der Waals surface area contributed by atoms with Crippen molar-refractivity contribution in [2.45, 2.75) is 37.8 Å². The van der Waals surface area contributed by atoms with Gasteiger partial charge in [-0.1, -0.05) is 35.9 Å². The van der Waals surface area contributed by atoms with E-state index >= 15 is 0 Å². The third-order valence-electron chi connectivity index (χ3n) is 6.40. The Kier molecular flexibility index (Phi) is 6.39. The molecule has 0 radical (unpaired) electrons. The molecule has 34 heavy (non-hydrogen) atoms. The second kappa shape index (κ2) is 9.60. The van der Waals surface area contributed by atoms with Crippen LogP contribution in [-0.2, 0) is 11.2 Å². The molecule has 174 valence electrons. The van der Waals surface area contributed by atoms with Crippen molar-refractivity contribution >= 4 is 46.3 Å². The van der Waals surface area contributed by atoms with Gasteiger partial charge in [-0.15, -0.1) is 11.3 Å². The van der Waals surface area contributed by atoms with E-state index in [1.54, 1.807) is 29.2 Å². The van der Waals surface area contributed by atoms with Crippen LogP contribution in [0.15, 0.2) is 60.7 Å². The molecule has 2 aliphatic rings. The van der Waals surface area contributed by atoms with Crippen LogP contribution in [0, 0.1) is 0 Å². The summed E-state index contributed by atoms with van der Waals surface area (Å²) >= 11 is 7.21. The standard InChI is InChI=1S/C26H24ClN3O3S/c27-22-13-12-21(34-22)26(33)28-20-15-17-5-1-2-6-19(17)24(20)29-25(32)16-8-10-18(11-9-16)30-14-4-3-7-23(30)31/h1-2,5-6,8-13,20,24H,3-4,7,14-15H2,(H,28,33)(H,29,32)/t20-,24+/m1/s1. The maximum atomic E-state index is 13.1. The number of amides is 3. The number of halogens is 1. The highest BCUT2D eigenvalue weighted by Gasteiger charge is 2.35. The van der Waals surface area contributed by atoms with Crippen LogP contribution in [0.3, 0.4) is 0 Å². The van der Waals surface area contributed by atoms with E-state index in [2.05, 4.69) is 10.6 Å². The van der Waals surface area contributed by atoms with E-state index < -0.39 is 0 Å². The molecular weight excluding hydrogens is 470 g/mol. The molecule has 5 rings (SSSR count). The first-order chi connectivity index (χ1) is 16.5. The van der Waals surface area contributed by atoms with Crippen LogP contribution in [0.1, 0.15) is 56.5 Å². The molecule has 1 aliphatic heterocycles. The van der Waals surface area contributed by atoms with E-state index in [0.717, 1.165) is 29.7 Å². The Hall–Kier alpha value is -3.16. The third-order valence-corrected chi connectivity index (χ3v) is 7.63. The summed E-state index contributed by atoms with van der Waals surface area (Å²) in [7, 11) is 0. The Morgan fingerprint density at radius 1 is 0.941 bits per heavy atom. The molecule has 2 atom stereocenters. The van der Waals surface area contributed by atoms with Crippen LogP contribution < -0.4 is 15.5 Å². The Morgan fingerprint density at radius 2 is 1.74 bits per heavy atom. The van der Waals surface area contributed by atoms with E-state index in [1.165, 1.54) is 11.3 Å². The minimum atomic E-state index is -0.355. The number of thiophene rings is 1. The number of hydrogen-bond donors (Lipinski definition) is 2. The highest BCUT2D eigenvalue weighted by Crippen LogP contribution is 2.32. The zero-order valence-electron chi connectivity index (χ0n) is 18.4. The molecule has 0 bridgehead atoms. The van der Waals surface area contributed by atoms with Crippen molar-refractivity contribution in [3.05, 3.63) is 86.6 Å². The average molecular weight is 494 g/mol. The first kappa shape index (κ1) is 22.6. The number of rotatable bonds is 5. The monoisotopic (exact) mass is 493 g/mol. The predicted octanol–water partition coefficient (Wildman–Crippen LogP) is 4.74. The minimum absolute atomic E-state index is 0.122. The molecule has 1 saturated heterocycles. The number of nitrogens with one attached hydrogen (secondary N) is 2. The summed E-state index contributed by atoms with van der Waals surface area (Å²) in [5, 5.41) is 6.19. The SMILES string of the molecule is O=C(N[C@H]1c2ccccc2C[C@H]1NC(=O)c1ccc(Cl)s1)c1ccc(N2CCCCC2=O)cc1. The fourth-order valence-corrected chi connectivity index (χ4v) is 5.63. The molecule has 1 fully saturated rings. The maximum absolute atomic E-state index is 13.1. The van der Waals surface area contributed by atoms with Gasteiger partial charge in [-0.2, -0.15) is 0 Å². The number of benzene rings is 2. The summed E-state index contributed by atoms with van der Waals surface area (Å²) in [4.78, 5) is 40.4. The molecular formula is C26H24ClN3O3S. The topological polar surface area (TPSA) is 78.5 Å². The van der Waals surface area contributed by atoms with Crippen molar-refractivity contribution in [3.8, 4) is 0 Å². The fraction of sp³-hybridized carbons (Fsp3) is 0.269. The van der Waals surface area contributed by atoms with Gasteiger partial charge in [0.2, 0.25) is 5.91 Å². The molecule has 2 heterocycles. The van der Waals surface area contributed by atoms with Crippen molar-refractivity contribution in [3.63, 3.8) is 0 Å². The minimum Gasteiger partial charge on any atom is -0.346 e. The van der Waals surface area contributed by atoms with Crippen molar-refractivity contribution < 1.29 is 14.4 Å². The molecule has 0 unspecified atom stereocenters. The molecule has 3 aromatic rings. The molecule has 1 aromatic heterocycles. The number of fused-ring (bicyclic) bond motifs is 1. The van der Waals surface area contributed by atoms with E-state index in [-0.39, 0.29) is 29.8 Å². The van der Waals surface area contributed by atoms with Crippen LogP contribution in [0.4, 0.5) is 5.69 Å². The summed E-state index contributed by atoms with van der Waals surface area (Å²) < 4.78 is 0.555. The van der Waals surface area contributed by atoms with Crippen molar-refractivity contribution in [2.75, 3.05) is 11.4 Å². The number of piperidine rings is 1. The lowest BCUT2D eigenvalue weighted by atomic mass is 10.1. The van der Waals surface area contributed by atoms with Gasteiger partial charge in [-0.3, -0.25) is 14.4 Å². The lowest BCUT2D eigenvalue weighted by Crippen LogP contribution is -2.44. The lowest BCUT2D eigenvalue weighted by molar-refractivity contribution is -0.119. The highest BCUT2D eigenvalue weighted by atomic mass is 35.5. The molecule has 1 aliphatic carbocycles. The van der Waals surface area contributed by atoms with E-state index in [1.807, 2.05) is 36.4 Å². The van der Waals surface area contributed by atoms with Gasteiger partial charge < -0.3 is 15.5 Å². The van der Waals surface area contributed by atoms with E-state index in [0.29, 0.717) is 34.2 Å². The first-order valence-electron chi connectivity index (χ1n) is 11.3. The normalized spacial score (nSPS) is 19.6. The zero-order valence-corrected chi connectivity index (χ0v) is 20.0. The van der Waals surface area contributed by atoms with Gasteiger partial charge in [0.15, 0.2) is 0 Å². The van der Waals surface area contributed by atoms with E-state index in [4.69, 9.17) is 11.6 Å². The Balaban J connectivity index is 1.32. The molecule has 2 N–H and O–H groups in total. The van der Waals surface area contributed by atoms with Gasteiger partial charge in [0.1, 0.15) is 0 Å². The summed E-state index contributed by atoms with van der Waals surface area (Å²) in [5.41, 5.74) is 3.42. The number of nitrogens with zero attached hydrogens (tertiary/aromatic N) is 1. The van der Waals surface area contributed by atoms with Crippen molar-refractivity contribution in [1.82, 2.24) is 10.6 Å². The molecule has 0 spiro atoms. The van der Waals surface area contributed by atoms with Crippen molar-refractivity contribution in [2.24, 2.45) is 0 Å². The predicted molar refractivity (Wildman–Crippen MR) is 134 cm³/mol. The fourth-order valence-electron chi connectivity index (χ4n) is 4.68. The number of anilines is 1. The molecule has 2 aromatic carbocycles. The quantitative estimate of drug-likeness (QED) is 0.538. The molecule has 8 heteroatoms. The highest BCUT2D eigenvalue weighted by molar-refractivity contribution is 7.18. The Bertz CT molecular complexity index is 1240. The van der Waals surface area contributed by atoms with Crippen LogP contribution in [-0.4, -0.2) is 30.3 Å². The summed E-state index contributed by atoms with van der Waals surface area (Å²) in [6.07, 6.45) is 3.10. The van der Waals surface area contributed by atoms with Crippen LogP contribution in [0.5, 0.6) is 0 Å². The number of carbonyl (C=O) groups is 3. The molecule has 0 saturated carbocycles. The maximum Gasteiger partial charge on any atom is 0.261 e. The third kappa shape index (κ3) is 4.58. The van der Waals surface area contributed by atoms with Crippen LogP contribution in [0.25, 0.3) is 0 Å². The zero-order chi connectivity index (χ0) is 23.7. The molecule has 3 amide bonds. The van der Waals surface area contributed by atoms with Gasteiger partial charge in [-0.25, -0.2) is 0 Å². The average Bonchev–Trinajstić information content (AvgIpc) is 3.43. The summed E-state index contributed by atoms with van der Waals surface area (Å²) in [6.45, 7) is 0.708. The summed E-state index contributed by atoms with van der Waals surface area (Å²) in [6, 6.07) is 17.8. The number of hydrogen-bond acceptors (Lipinski definition) is 4. The summed E-state index contributed by atoms with van der Waals surface area (Å²) in [5.74, 6) is -0.308. The van der Waals surface area contributed by atoms with E-state index in [9.17, 15) is 14.4 Å². The second-order valence-electron chi connectivity index (χ2n) is 8.59. The van der Waals surface area contributed by atoms with Crippen LogP contribution in [0.2, 0.25) is 4.34 Å². The lowest BCUT2D eigenvalue weighted by Gasteiger charge is -2.27. The molecule has 6 nitrogen and oxygen atoms in total. The van der Waals surface area contributed by atoms with Gasteiger partial charge in [0.05, 0.1) is 21.3 Å². The first-order valence-corrected chi connectivity index (χ1v) is 12.5.